The predicted octanol–water partition coefficient (Wildman–Crippen LogP) is 1.88. The van der Waals surface area contributed by atoms with Crippen LogP contribution in [0.15, 0.2) is 4.99 Å². The molecule has 2 aliphatic rings. The van der Waals surface area contributed by atoms with E-state index in [4.69, 9.17) is 0 Å². The smallest absolute Gasteiger partial charge is 0.193 e. The van der Waals surface area contributed by atoms with E-state index in [1.54, 1.807) is 7.05 Å². The van der Waals surface area contributed by atoms with Crippen molar-refractivity contribution in [2.75, 3.05) is 38.7 Å². The van der Waals surface area contributed by atoms with Crippen molar-refractivity contribution < 1.29 is 8.42 Å². The largest absolute Gasteiger partial charge is 0.356 e. The van der Waals surface area contributed by atoms with Crippen LogP contribution < -0.4 is 5.32 Å². The van der Waals surface area contributed by atoms with Gasteiger partial charge in [0.05, 0.1) is 5.75 Å². The van der Waals surface area contributed by atoms with Gasteiger partial charge in [0.1, 0.15) is 9.84 Å². The zero-order valence-corrected chi connectivity index (χ0v) is 16.2. The molecule has 21 heavy (non-hydrogen) atoms. The first-order valence-electron chi connectivity index (χ1n) is 7.57. The molecule has 1 heterocycles. The molecule has 0 aromatic carbocycles. The number of aliphatic imine (C=N–C) groups is 1. The van der Waals surface area contributed by atoms with E-state index in [0.29, 0.717) is 18.4 Å². The molecule has 5 nitrogen and oxygen atoms in total. The maximum Gasteiger partial charge on any atom is 0.193 e. The number of nitrogens with zero attached hydrogens (tertiary/aromatic N) is 2. The molecular weight excluding hydrogens is 401 g/mol. The molecule has 0 bridgehead atoms. The Bertz CT molecular complexity index is 459. The first-order valence-corrected chi connectivity index (χ1v) is 9.64. The Morgan fingerprint density at radius 1 is 1.29 bits per heavy atom. The van der Waals surface area contributed by atoms with Gasteiger partial charge in [0.15, 0.2) is 5.96 Å². The lowest BCUT2D eigenvalue weighted by Crippen LogP contribution is -2.41. The van der Waals surface area contributed by atoms with E-state index in [2.05, 4.69) is 15.2 Å². The summed E-state index contributed by atoms with van der Waals surface area (Å²) in [6.45, 7) is 2.85. The van der Waals surface area contributed by atoms with Gasteiger partial charge in [-0.05, 0) is 31.1 Å². The Kier molecular flexibility index (Phi) is 7.23. The third kappa shape index (κ3) is 5.58. The van der Waals surface area contributed by atoms with Crippen molar-refractivity contribution >= 4 is 39.8 Å². The lowest BCUT2D eigenvalue weighted by atomic mass is 9.86. The molecule has 1 saturated carbocycles. The Balaban J connectivity index is 0.00000220. The van der Waals surface area contributed by atoms with Crippen molar-refractivity contribution in [3.63, 3.8) is 0 Å². The summed E-state index contributed by atoms with van der Waals surface area (Å²) in [6, 6.07) is 0. The molecule has 1 aliphatic heterocycles. The Morgan fingerprint density at radius 3 is 2.52 bits per heavy atom. The number of halogens is 1. The molecule has 2 rings (SSSR count). The molecule has 1 spiro atoms. The Labute approximate surface area is 145 Å². The van der Waals surface area contributed by atoms with Gasteiger partial charge >= 0.3 is 0 Å². The maximum absolute atomic E-state index is 11.1. The minimum atomic E-state index is -2.86. The van der Waals surface area contributed by atoms with Gasteiger partial charge in [-0.1, -0.05) is 12.8 Å². The zero-order chi connectivity index (χ0) is 14.6. The highest BCUT2D eigenvalue weighted by Crippen LogP contribution is 2.45. The van der Waals surface area contributed by atoms with Gasteiger partial charge < -0.3 is 10.2 Å². The third-order valence-corrected chi connectivity index (χ3v) is 5.62. The summed E-state index contributed by atoms with van der Waals surface area (Å²) in [5.41, 5.74) is 0.532. The third-order valence-electron chi connectivity index (χ3n) is 4.59. The summed E-state index contributed by atoms with van der Waals surface area (Å²) in [4.78, 5) is 6.68. The van der Waals surface area contributed by atoms with Crippen molar-refractivity contribution in [3.05, 3.63) is 0 Å². The number of rotatable bonds is 4. The van der Waals surface area contributed by atoms with Crippen LogP contribution in [0.4, 0.5) is 0 Å². The molecule has 0 aromatic rings. The molecule has 0 atom stereocenters. The van der Waals surface area contributed by atoms with Crippen molar-refractivity contribution in [1.82, 2.24) is 10.2 Å². The lowest BCUT2D eigenvalue weighted by Gasteiger charge is -2.25. The number of nitrogens with one attached hydrogen (secondary N) is 1. The van der Waals surface area contributed by atoms with Crippen LogP contribution in [0.1, 0.15) is 38.5 Å². The van der Waals surface area contributed by atoms with E-state index in [1.165, 1.54) is 38.4 Å². The average molecular weight is 429 g/mol. The van der Waals surface area contributed by atoms with Crippen LogP contribution in [-0.2, 0) is 9.84 Å². The standard InChI is InChI=1S/C14H27N3O2S.HI/c1-15-13(16-9-5-11-20(2,18)19)17-10-8-14(12-17)6-3-4-7-14;/h3-12H2,1-2H3,(H,15,16);1H. The maximum atomic E-state index is 11.1. The molecule has 0 aromatic heterocycles. The second-order valence-corrected chi connectivity index (χ2v) is 8.60. The van der Waals surface area contributed by atoms with Gasteiger partial charge in [-0.25, -0.2) is 8.42 Å². The van der Waals surface area contributed by atoms with E-state index in [1.807, 2.05) is 0 Å². The topological polar surface area (TPSA) is 61.8 Å². The highest BCUT2D eigenvalue weighted by Gasteiger charge is 2.40. The number of likely N-dealkylation sites (tertiary alicyclic amines) is 1. The molecule has 0 radical (unpaired) electrons. The van der Waals surface area contributed by atoms with Crippen LogP contribution in [0, 0.1) is 5.41 Å². The molecule has 0 amide bonds. The fourth-order valence-corrected chi connectivity index (χ4v) is 4.18. The first kappa shape index (κ1) is 19.0. The van der Waals surface area contributed by atoms with Crippen LogP contribution >= 0.6 is 24.0 Å². The number of hydrogen-bond donors (Lipinski definition) is 1. The fourth-order valence-electron chi connectivity index (χ4n) is 3.52. The first-order chi connectivity index (χ1) is 9.44. The number of hydrogen-bond acceptors (Lipinski definition) is 3. The fraction of sp³-hybridized carbons (Fsp3) is 0.929. The second kappa shape index (κ2) is 7.99. The number of sulfone groups is 1. The van der Waals surface area contributed by atoms with Crippen LogP contribution in [-0.4, -0.2) is 58.0 Å². The van der Waals surface area contributed by atoms with Gasteiger partial charge in [0, 0.05) is 32.9 Å². The molecule has 124 valence electrons. The van der Waals surface area contributed by atoms with Gasteiger partial charge in [-0.3, -0.25) is 4.99 Å². The van der Waals surface area contributed by atoms with Crippen LogP contribution in [0.2, 0.25) is 0 Å². The monoisotopic (exact) mass is 429 g/mol. The van der Waals surface area contributed by atoms with Crippen molar-refractivity contribution in [2.24, 2.45) is 10.4 Å². The molecule has 1 saturated heterocycles. The second-order valence-electron chi connectivity index (χ2n) is 6.34. The quantitative estimate of drug-likeness (QED) is 0.321. The minimum absolute atomic E-state index is 0. The summed E-state index contributed by atoms with van der Waals surface area (Å²) >= 11 is 0. The normalized spacial score (nSPS) is 21.6. The summed E-state index contributed by atoms with van der Waals surface area (Å²) in [5, 5.41) is 3.30. The van der Waals surface area contributed by atoms with Crippen LogP contribution in [0.3, 0.4) is 0 Å². The highest BCUT2D eigenvalue weighted by molar-refractivity contribution is 14.0. The predicted molar refractivity (Wildman–Crippen MR) is 98.2 cm³/mol. The van der Waals surface area contributed by atoms with Gasteiger partial charge in [0.25, 0.3) is 0 Å². The van der Waals surface area contributed by atoms with E-state index in [0.717, 1.165) is 19.0 Å². The van der Waals surface area contributed by atoms with E-state index < -0.39 is 9.84 Å². The van der Waals surface area contributed by atoms with Gasteiger partial charge in [-0.15, -0.1) is 24.0 Å². The molecule has 0 unspecified atom stereocenters. The summed E-state index contributed by atoms with van der Waals surface area (Å²) in [7, 11) is -1.06. The summed E-state index contributed by atoms with van der Waals surface area (Å²) in [6.07, 6.45) is 8.64. The van der Waals surface area contributed by atoms with Gasteiger partial charge in [0.2, 0.25) is 0 Å². The minimum Gasteiger partial charge on any atom is -0.356 e. The zero-order valence-electron chi connectivity index (χ0n) is 13.1. The Morgan fingerprint density at radius 2 is 1.95 bits per heavy atom. The molecule has 7 heteroatoms. The van der Waals surface area contributed by atoms with Gasteiger partial charge in [-0.2, -0.15) is 0 Å². The molecule has 1 N–H and O–H groups in total. The molecule has 1 aliphatic carbocycles. The van der Waals surface area contributed by atoms with E-state index in [-0.39, 0.29) is 29.7 Å². The molecule has 2 fully saturated rings. The highest BCUT2D eigenvalue weighted by atomic mass is 127. The summed E-state index contributed by atoms with van der Waals surface area (Å²) < 4.78 is 22.2. The summed E-state index contributed by atoms with van der Waals surface area (Å²) in [5.74, 6) is 1.17. The van der Waals surface area contributed by atoms with Crippen molar-refractivity contribution in [1.29, 1.82) is 0 Å². The molecular formula is C14H28IN3O2S. The number of guanidine groups is 1. The Hall–Kier alpha value is -0.0500. The van der Waals surface area contributed by atoms with Crippen LogP contribution in [0.25, 0.3) is 0 Å². The van der Waals surface area contributed by atoms with E-state index in [9.17, 15) is 8.42 Å². The lowest BCUT2D eigenvalue weighted by molar-refractivity contribution is 0.309. The van der Waals surface area contributed by atoms with E-state index >= 15 is 0 Å². The van der Waals surface area contributed by atoms with Crippen molar-refractivity contribution in [3.8, 4) is 0 Å². The SMILES string of the molecule is CN=C(NCCCS(C)(=O)=O)N1CCC2(CCCC2)C1.I. The van der Waals surface area contributed by atoms with Crippen molar-refractivity contribution in [2.45, 2.75) is 38.5 Å². The van der Waals surface area contributed by atoms with Crippen LogP contribution in [0.5, 0.6) is 0 Å². The average Bonchev–Trinajstić information content (AvgIpc) is 2.99.